The lowest BCUT2D eigenvalue weighted by Gasteiger charge is -2.29. The molecule has 1 fully saturated rings. The van der Waals surface area contributed by atoms with Crippen molar-refractivity contribution in [1.29, 1.82) is 0 Å². The van der Waals surface area contributed by atoms with Crippen molar-refractivity contribution in [2.75, 3.05) is 18.4 Å². The van der Waals surface area contributed by atoms with Crippen molar-refractivity contribution >= 4 is 15.7 Å². The Kier molecular flexibility index (Phi) is 3.13. The summed E-state index contributed by atoms with van der Waals surface area (Å²) in [6, 6.07) is 7.78. The maximum absolute atomic E-state index is 10.9. The lowest BCUT2D eigenvalue weighted by atomic mass is 10.1. The van der Waals surface area contributed by atoms with Crippen LogP contribution in [-0.2, 0) is 15.8 Å². The van der Waals surface area contributed by atoms with E-state index < -0.39 is 10.0 Å². The minimum absolute atomic E-state index is 0.113. The standard InChI is InChI=1S/C10H15N3O2S/c11-16(14,15)7-8-1-3-9(4-2-8)13-10-5-12-6-10/h1-4,10,12-13H,5-7H2,(H2,11,14,15). The summed E-state index contributed by atoms with van der Waals surface area (Å²) in [7, 11) is -3.44. The van der Waals surface area contributed by atoms with Crippen LogP contribution < -0.4 is 15.8 Å². The SMILES string of the molecule is NS(=O)(=O)Cc1ccc(NC2CNC2)cc1. The Labute approximate surface area is 95.1 Å². The molecule has 0 saturated carbocycles. The molecule has 4 N–H and O–H groups in total. The first kappa shape index (κ1) is 11.4. The largest absolute Gasteiger partial charge is 0.380 e. The third-order valence-electron chi connectivity index (χ3n) is 2.47. The predicted octanol–water partition coefficient (Wildman–Crippen LogP) is -0.141. The molecule has 1 aliphatic rings. The Hall–Kier alpha value is -1.11. The fourth-order valence-corrected chi connectivity index (χ4v) is 2.21. The van der Waals surface area contributed by atoms with Gasteiger partial charge in [0.25, 0.3) is 0 Å². The Morgan fingerprint density at radius 3 is 2.38 bits per heavy atom. The average molecular weight is 241 g/mol. The lowest BCUT2D eigenvalue weighted by molar-refractivity contribution is 0.472. The molecular weight excluding hydrogens is 226 g/mol. The number of benzene rings is 1. The molecule has 1 aromatic carbocycles. The van der Waals surface area contributed by atoms with Crippen LogP contribution in [0.3, 0.4) is 0 Å². The van der Waals surface area contributed by atoms with Gasteiger partial charge in [-0.05, 0) is 17.7 Å². The van der Waals surface area contributed by atoms with Gasteiger partial charge in [-0.2, -0.15) is 0 Å². The summed E-state index contributed by atoms with van der Waals surface area (Å²) in [6.45, 7) is 1.94. The number of anilines is 1. The molecule has 0 unspecified atom stereocenters. The Balaban J connectivity index is 1.98. The first-order valence-electron chi connectivity index (χ1n) is 5.09. The van der Waals surface area contributed by atoms with E-state index in [4.69, 9.17) is 5.14 Å². The smallest absolute Gasteiger partial charge is 0.213 e. The second-order valence-corrected chi connectivity index (χ2v) is 5.62. The van der Waals surface area contributed by atoms with Crippen LogP contribution in [0.5, 0.6) is 0 Å². The Morgan fingerprint density at radius 2 is 1.94 bits per heavy atom. The number of nitrogens with one attached hydrogen (secondary N) is 2. The molecule has 0 bridgehead atoms. The van der Waals surface area contributed by atoms with E-state index in [1.54, 1.807) is 12.1 Å². The summed E-state index contributed by atoms with van der Waals surface area (Å²) in [5.41, 5.74) is 1.71. The van der Waals surface area contributed by atoms with E-state index >= 15 is 0 Å². The molecule has 0 aliphatic carbocycles. The molecule has 0 atom stereocenters. The minimum Gasteiger partial charge on any atom is -0.380 e. The van der Waals surface area contributed by atoms with E-state index in [0.717, 1.165) is 18.8 Å². The Bertz CT molecular complexity index is 451. The molecule has 1 aromatic rings. The molecule has 5 nitrogen and oxygen atoms in total. The second-order valence-electron chi connectivity index (χ2n) is 4.00. The Morgan fingerprint density at radius 1 is 1.31 bits per heavy atom. The van der Waals surface area contributed by atoms with Crippen molar-refractivity contribution in [3.05, 3.63) is 29.8 Å². The molecule has 0 radical (unpaired) electrons. The van der Waals surface area contributed by atoms with Crippen LogP contribution in [0, 0.1) is 0 Å². The number of rotatable bonds is 4. The van der Waals surface area contributed by atoms with Crippen molar-refractivity contribution in [2.24, 2.45) is 5.14 Å². The minimum atomic E-state index is -3.44. The number of hydrogen-bond acceptors (Lipinski definition) is 4. The van der Waals surface area contributed by atoms with Gasteiger partial charge in [-0.15, -0.1) is 0 Å². The van der Waals surface area contributed by atoms with Crippen LogP contribution in [0.15, 0.2) is 24.3 Å². The first-order chi connectivity index (χ1) is 7.53. The normalized spacial score (nSPS) is 16.8. The van der Waals surface area contributed by atoms with E-state index in [0.29, 0.717) is 11.6 Å². The third kappa shape index (κ3) is 3.19. The zero-order valence-corrected chi connectivity index (χ0v) is 9.63. The van der Waals surface area contributed by atoms with Gasteiger partial charge in [0.1, 0.15) is 0 Å². The molecule has 0 aromatic heterocycles. The van der Waals surface area contributed by atoms with Gasteiger partial charge < -0.3 is 10.6 Å². The molecule has 0 amide bonds. The van der Waals surface area contributed by atoms with Gasteiger partial charge in [0.2, 0.25) is 10.0 Å². The summed E-state index contributed by atoms with van der Waals surface area (Å²) < 4.78 is 21.7. The van der Waals surface area contributed by atoms with Gasteiger partial charge in [-0.1, -0.05) is 12.1 Å². The number of nitrogens with two attached hydrogens (primary N) is 1. The third-order valence-corrected chi connectivity index (χ3v) is 3.21. The molecule has 16 heavy (non-hydrogen) atoms. The zero-order valence-electron chi connectivity index (χ0n) is 8.81. The van der Waals surface area contributed by atoms with Crippen molar-refractivity contribution in [1.82, 2.24) is 5.32 Å². The van der Waals surface area contributed by atoms with Crippen LogP contribution in [0.25, 0.3) is 0 Å². The number of sulfonamides is 1. The fourth-order valence-electron chi connectivity index (χ4n) is 1.56. The predicted molar refractivity (Wildman–Crippen MR) is 63.5 cm³/mol. The summed E-state index contributed by atoms with van der Waals surface area (Å²) in [6.07, 6.45) is 0. The van der Waals surface area contributed by atoms with Gasteiger partial charge in [-0.25, -0.2) is 13.6 Å². The van der Waals surface area contributed by atoms with E-state index in [1.807, 2.05) is 12.1 Å². The van der Waals surface area contributed by atoms with Crippen LogP contribution in [-0.4, -0.2) is 27.5 Å². The van der Waals surface area contributed by atoms with Gasteiger partial charge in [0.15, 0.2) is 0 Å². The topological polar surface area (TPSA) is 84.2 Å². The maximum atomic E-state index is 10.9. The number of hydrogen-bond donors (Lipinski definition) is 3. The molecule has 88 valence electrons. The van der Waals surface area contributed by atoms with Crippen molar-refractivity contribution in [3.8, 4) is 0 Å². The van der Waals surface area contributed by atoms with Crippen LogP contribution >= 0.6 is 0 Å². The summed E-state index contributed by atoms with van der Waals surface area (Å²) in [4.78, 5) is 0. The van der Waals surface area contributed by atoms with Crippen LogP contribution in [0.4, 0.5) is 5.69 Å². The molecule has 1 aliphatic heterocycles. The summed E-state index contributed by atoms with van der Waals surface area (Å²) in [5, 5.41) is 11.5. The van der Waals surface area contributed by atoms with E-state index in [-0.39, 0.29) is 5.75 Å². The van der Waals surface area contributed by atoms with Gasteiger partial charge in [-0.3, -0.25) is 0 Å². The van der Waals surface area contributed by atoms with E-state index in [2.05, 4.69) is 10.6 Å². The zero-order chi connectivity index (χ0) is 11.6. The molecule has 1 heterocycles. The maximum Gasteiger partial charge on any atom is 0.213 e. The van der Waals surface area contributed by atoms with Crippen molar-refractivity contribution in [3.63, 3.8) is 0 Å². The highest BCUT2D eigenvalue weighted by molar-refractivity contribution is 7.88. The highest BCUT2D eigenvalue weighted by Crippen LogP contribution is 2.13. The van der Waals surface area contributed by atoms with Crippen LogP contribution in [0.1, 0.15) is 5.56 Å². The molecule has 2 rings (SSSR count). The lowest BCUT2D eigenvalue weighted by Crippen LogP contribution is -2.51. The highest BCUT2D eigenvalue weighted by Gasteiger charge is 2.15. The van der Waals surface area contributed by atoms with E-state index in [9.17, 15) is 8.42 Å². The first-order valence-corrected chi connectivity index (χ1v) is 6.81. The second kappa shape index (κ2) is 4.40. The van der Waals surface area contributed by atoms with Crippen LogP contribution in [0.2, 0.25) is 0 Å². The van der Waals surface area contributed by atoms with Crippen molar-refractivity contribution < 1.29 is 8.42 Å². The van der Waals surface area contributed by atoms with Gasteiger partial charge in [0.05, 0.1) is 11.8 Å². The monoisotopic (exact) mass is 241 g/mol. The van der Waals surface area contributed by atoms with Gasteiger partial charge >= 0.3 is 0 Å². The van der Waals surface area contributed by atoms with Crippen molar-refractivity contribution in [2.45, 2.75) is 11.8 Å². The highest BCUT2D eigenvalue weighted by atomic mass is 32.2. The molecule has 1 saturated heterocycles. The summed E-state index contributed by atoms with van der Waals surface area (Å²) in [5.74, 6) is -0.113. The summed E-state index contributed by atoms with van der Waals surface area (Å²) >= 11 is 0. The number of primary sulfonamides is 1. The average Bonchev–Trinajstić information content (AvgIpc) is 2.11. The fraction of sp³-hybridized carbons (Fsp3) is 0.400. The van der Waals surface area contributed by atoms with Gasteiger partial charge in [0, 0.05) is 18.8 Å². The van der Waals surface area contributed by atoms with E-state index in [1.165, 1.54) is 0 Å². The molecule has 0 spiro atoms. The quantitative estimate of drug-likeness (QED) is 0.685. The molecule has 6 heteroatoms. The molecular formula is C10H15N3O2S.